The van der Waals surface area contributed by atoms with Crippen LogP contribution in [0.25, 0.3) is 0 Å². The van der Waals surface area contributed by atoms with Crippen LogP contribution in [0, 0.1) is 6.92 Å². The molecule has 3 rings (SSSR count). The molecule has 0 saturated heterocycles. The number of nitrogens with zero attached hydrogens (tertiary/aromatic N) is 2. The zero-order valence-electron chi connectivity index (χ0n) is 13.3. The number of rotatable bonds is 5. The molecular formula is C20H21N3. The number of benzene rings is 2. The minimum atomic E-state index is 0.730. The van der Waals surface area contributed by atoms with Gasteiger partial charge in [0.05, 0.1) is 11.9 Å². The minimum absolute atomic E-state index is 0.730. The van der Waals surface area contributed by atoms with Crippen molar-refractivity contribution in [1.29, 1.82) is 0 Å². The van der Waals surface area contributed by atoms with E-state index in [0.717, 1.165) is 30.2 Å². The summed E-state index contributed by atoms with van der Waals surface area (Å²) in [5.41, 5.74) is 10.2. The van der Waals surface area contributed by atoms with Crippen LogP contribution in [0.1, 0.15) is 16.7 Å². The first-order valence-electron chi connectivity index (χ1n) is 7.77. The lowest BCUT2D eigenvalue weighted by Crippen LogP contribution is -2.23. The Morgan fingerprint density at radius 3 is 1.87 bits per heavy atom. The fraction of sp³-hybridized carbons (Fsp3) is 0.150. The van der Waals surface area contributed by atoms with Crippen LogP contribution in [0.3, 0.4) is 0 Å². The van der Waals surface area contributed by atoms with Gasteiger partial charge in [-0.25, -0.2) is 4.98 Å². The third-order valence-corrected chi connectivity index (χ3v) is 3.89. The Morgan fingerprint density at radius 2 is 1.39 bits per heavy atom. The van der Waals surface area contributed by atoms with Gasteiger partial charge in [0.1, 0.15) is 5.82 Å². The molecule has 0 radical (unpaired) electrons. The SMILES string of the molecule is Cc1cc(N(Cc2ccccc2)Cc2ccccc2)ncc1N. The molecule has 0 spiro atoms. The van der Waals surface area contributed by atoms with E-state index in [1.807, 2.05) is 19.1 Å². The van der Waals surface area contributed by atoms with Crippen molar-refractivity contribution in [1.82, 2.24) is 4.98 Å². The summed E-state index contributed by atoms with van der Waals surface area (Å²) in [5, 5.41) is 0. The highest BCUT2D eigenvalue weighted by Crippen LogP contribution is 2.21. The summed E-state index contributed by atoms with van der Waals surface area (Å²) in [4.78, 5) is 6.81. The van der Waals surface area contributed by atoms with Gasteiger partial charge < -0.3 is 10.6 Å². The maximum absolute atomic E-state index is 5.91. The second-order valence-corrected chi connectivity index (χ2v) is 5.73. The summed E-state index contributed by atoms with van der Waals surface area (Å²) in [6, 6.07) is 23.0. The standard InChI is InChI=1S/C20H21N3/c1-16-12-20(22-13-19(16)21)23(14-17-8-4-2-5-9-17)15-18-10-6-3-7-11-18/h2-13H,14-15,21H2,1H3. The molecule has 0 unspecified atom stereocenters. The van der Waals surface area contributed by atoms with Crippen molar-refractivity contribution in [2.75, 3.05) is 10.6 Å². The molecule has 2 aromatic carbocycles. The van der Waals surface area contributed by atoms with E-state index in [1.165, 1.54) is 11.1 Å². The first-order valence-corrected chi connectivity index (χ1v) is 7.77. The minimum Gasteiger partial charge on any atom is -0.397 e. The van der Waals surface area contributed by atoms with Gasteiger partial charge in [0.2, 0.25) is 0 Å². The summed E-state index contributed by atoms with van der Waals surface area (Å²) < 4.78 is 0. The molecule has 0 fully saturated rings. The number of aromatic nitrogens is 1. The average Bonchev–Trinajstić information content (AvgIpc) is 2.59. The van der Waals surface area contributed by atoms with Crippen LogP contribution in [0.4, 0.5) is 11.5 Å². The predicted molar refractivity (Wildman–Crippen MR) is 96.2 cm³/mol. The number of pyridine rings is 1. The van der Waals surface area contributed by atoms with Crippen molar-refractivity contribution < 1.29 is 0 Å². The fourth-order valence-corrected chi connectivity index (χ4v) is 2.55. The Bertz CT molecular complexity index is 713. The molecule has 0 bridgehead atoms. The van der Waals surface area contributed by atoms with Crippen LogP contribution in [-0.2, 0) is 13.1 Å². The van der Waals surface area contributed by atoms with E-state index in [-0.39, 0.29) is 0 Å². The Labute approximate surface area is 137 Å². The molecule has 116 valence electrons. The van der Waals surface area contributed by atoms with E-state index in [0.29, 0.717) is 0 Å². The van der Waals surface area contributed by atoms with Crippen LogP contribution in [0.5, 0.6) is 0 Å². The van der Waals surface area contributed by atoms with E-state index in [4.69, 9.17) is 5.73 Å². The normalized spacial score (nSPS) is 10.5. The Hall–Kier alpha value is -2.81. The highest BCUT2D eigenvalue weighted by molar-refractivity contribution is 5.52. The van der Waals surface area contributed by atoms with Gasteiger partial charge >= 0.3 is 0 Å². The zero-order chi connectivity index (χ0) is 16.1. The van der Waals surface area contributed by atoms with Crippen LogP contribution >= 0.6 is 0 Å². The summed E-state index contributed by atoms with van der Waals surface area (Å²) in [5.74, 6) is 0.949. The first-order chi connectivity index (χ1) is 11.2. The maximum Gasteiger partial charge on any atom is 0.129 e. The highest BCUT2D eigenvalue weighted by atomic mass is 15.2. The molecular weight excluding hydrogens is 282 g/mol. The van der Waals surface area contributed by atoms with E-state index < -0.39 is 0 Å². The topological polar surface area (TPSA) is 42.2 Å². The van der Waals surface area contributed by atoms with Crippen molar-refractivity contribution in [2.45, 2.75) is 20.0 Å². The largest absolute Gasteiger partial charge is 0.397 e. The molecule has 23 heavy (non-hydrogen) atoms. The quantitative estimate of drug-likeness (QED) is 0.769. The highest BCUT2D eigenvalue weighted by Gasteiger charge is 2.11. The van der Waals surface area contributed by atoms with E-state index in [2.05, 4.69) is 64.5 Å². The fourth-order valence-electron chi connectivity index (χ4n) is 2.55. The number of anilines is 2. The van der Waals surface area contributed by atoms with Gasteiger partial charge in [-0.3, -0.25) is 0 Å². The van der Waals surface area contributed by atoms with Gasteiger partial charge in [-0.05, 0) is 29.7 Å². The smallest absolute Gasteiger partial charge is 0.129 e. The third kappa shape index (κ3) is 3.89. The zero-order valence-corrected chi connectivity index (χ0v) is 13.3. The second kappa shape index (κ2) is 6.97. The monoisotopic (exact) mass is 303 g/mol. The molecule has 0 saturated carbocycles. The van der Waals surface area contributed by atoms with Gasteiger partial charge in [0, 0.05) is 13.1 Å². The lowest BCUT2D eigenvalue weighted by Gasteiger charge is -2.24. The van der Waals surface area contributed by atoms with Crippen molar-refractivity contribution in [3.8, 4) is 0 Å². The number of hydrogen-bond donors (Lipinski definition) is 1. The summed E-state index contributed by atoms with van der Waals surface area (Å²) >= 11 is 0. The van der Waals surface area contributed by atoms with Crippen molar-refractivity contribution in [3.05, 3.63) is 89.6 Å². The number of hydrogen-bond acceptors (Lipinski definition) is 3. The molecule has 3 nitrogen and oxygen atoms in total. The van der Waals surface area contributed by atoms with E-state index in [9.17, 15) is 0 Å². The second-order valence-electron chi connectivity index (χ2n) is 5.73. The number of nitrogens with two attached hydrogens (primary N) is 1. The molecule has 0 amide bonds. The van der Waals surface area contributed by atoms with Crippen LogP contribution in [-0.4, -0.2) is 4.98 Å². The molecule has 3 aromatic rings. The van der Waals surface area contributed by atoms with Crippen molar-refractivity contribution in [2.24, 2.45) is 0 Å². The van der Waals surface area contributed by atoms with Gasteiger partial charge in [-0.2, -0.15) is 0 Å². The van der Waals surface area contributed by atoms with Gasteiger partial charge in [-0.15, -0.1) is 0 Å². The predicted octanol–water partition coefficient (Wildman–Crippen LogP) is 4.18. The van der Waals surface area contributed by atoms with Gasteiger partial charge in [0.15, 0.2) is 0 Å². The average molecular weight is 303 g/mol. The van der Waals surface area contributed by atoms with Gasteiger partial charge in [0.25, 0.3) is 0 Å². The molecule has 1 aromatic heterocycles. The lowest BCUT2D eigenvalue weighted by molar-refractivity contribution is 0.783. The molecule has 0 aliphatic rings. The van der Waals surface area contributed by atoms with E-state index >= 15 is 0 Å². The van der Waals surface area contributed by atoms with Crippen LogP contribution in [0.2, 0.25) is 0 Å². The summed E-state index contributed by atoms with van der Waals surface area (Å²) in [6.07, 6.45) is 1.74. The summed E-state index contributed by atoms with van der Waals surface area (Å²) in [6.45, 7) is 3.64. The Balaban J connectivity index is 1.90. The number of nitrogen functional groups attached to an aromatic ring is 1. The Morgan fingerprint density at radius 1 is 0.870 bits per heavy atom. The van der Waals surface area contributed by atoms with Gasteiger partial charge in [-0.1, -0.05) is 60.7 Å². The lowest BCUT2D eigenvalue weighted by atomic mass is 10.1. The number of aryl methyl sites for hydroxylation is 1. The molecule has 3 heteroatoms. The van der Waals surface area contributed by atoms with Crippen molar-refractivity contribution >= 4 is 11.5 Å². The molecule has 1 heterocycles. The van der Waals surface area contributed by atoms with Crippen molar-refractivity contribution in [3.63, 3.8) is 0 Å². The summed E-state index contributed by atoms with van der Waals surface area (Å²) in [7, 11) is 0. The maximum atomic E-state index is 5.91. The molecule has 2 N–H and O–H groups in total. The molecule has 0 atom stereocenters. The van der Waals surface area contributed by atoms with Crippen LogP contribution < -0.4 is 10.6 Å². The molecule has 0 aliphatic heterocycles. The molecule has 0 aliphatic carbocycles. The first kappa shape index (κ1) is 15.1. The van der Waals surface area contributed by atoms with E-state index in [1.54, 1.807) is 6.20 Å². The third-order valence-electron chi connectivity index (χ3n) is 3.89. The Kier molecular flexibility index (Phi) is 4.57. The van der Waals surface area contributed by atoms with Crippen LogP contribution in [0.15, 0.2) is 72.9 Å².